The van der Waals surface area contributed by atoms with Crippen LogP contribution in [-0.4, -0.2) is 61.3 Å². The molecule has 0 radical (unpaired) electrons. The van der Waals surface area contributed by atoms with Gasteiger partial charge in [-0.25, -0.2) is 0 Å². The van der Waals surface area contributed by atoms with E-state index in [2.05, 4.69) is 67.2 Å². The quantitative estimate of drug-likeness (QED) is 0.385. The number of rotatable bonds is 8. The molecule has 4 fully saturated rings. The molecule has 0 bridgehead atoms. The molecule has 4 nitrogen and oxygen atoms in total. The first-order valence-corrected chi connectivity index (χ1v) is 14.5. The van der Waals surface area contributed by atoms with Crippen molar-refractivity contribution in [1.82, 2.24) is 0 Å². The van der Waals surface area contributed by atoms with Gasteiger partial charge >= 0.3 is 0 Å². The fourth-order valence-electron chi connectivity index (χ4n) is 6.22. The Morgan fingerprint density at radius 2 is 1.03 bits per heavy atom. The van der Waals surface area contributed by atoms with E-state index >= 15 is 0 Å². The van der Waals surface area contributed by atoms with E-state index in [1.54, 1.807) is 0 Å². The third-order valence-corrected chi connectivity index (χ3v) is 10.7. The van der Waals surface area contributed by atoms with Gasteiger partial charge in [-0.3, -0.25) is 0 Å². The summed E-state index contributed by atoms with van der Waals surface area (Å²) < 4.78 is 23.7. The Morgan fingerprint density at radius 3 is 1.33 bits per heavy atom. The van der Waals surface area contributed by atoms with Gasteiger partial charge in [0.25, 0.3) is 0 Å². The maximum absolute atomic E-state index is 6.44. The summed E-state index contributed by atoms with van der Waals surface area (Å²) in [6.07, 6.45) is 6.36. The molecule has 2 saturated carbocycles. The Morgan fingerprint density at radius 1 is 0.667 bits per heavy atom. The lowest BCUT2D eigenvalue weighted by molar-refractivity contribution is -0.0636. The van der Waals surface area contributed by atoms with Gasteiger partial charge in [0.2, 0.25) is 0 Å². The molecule has 5 heteroatoms. The lowest BCUT2D eigenvalue weighted by Crippen LogP contribution is -2.47. The fourth-order valence-corrected chi connectivity index (χ4v) is 8.06. The molecule has 0 aromatic rings. The van der Waals surface area contributed by atoms with Crippen molar-refractivity contribution in [1.29, 1.82) is 0 Å². The maximum atomic E-state index is 6.44. The Kier molecular flexibility index (Phi) is 8.18. The highest BCUT2D eigenvalue weighted by molar-refractivity contribution is 8.00. The Hall–Kier alpha value is 0.190. The molecule has 2 aliphatic heterocycles. The molecule has 10 unspecified atom stereocenters. The van der Waals surface area contributed by atoms with Gasteiger partial charge in [0.05, 0.1) is 38.6 Å². The van der Waals surface area contributed by atoms with Crippen LogP contribution >= 0.6 is 11.8 Å². The van der Waals surface area contributed by atoms with Crippen molar-refractivity contribution < 1.29 is 18.9 Å². The molecular formula is C28H50O4S. The lowest BCUT2D eigenvalue weighted by atomic mass is 9.68. The van der Waals surface area contributed by atoms with E-state index in [0.717, 1.165) is 36.9 Å². The van der Waals surface area contributed by atoms with Crippen LogP contribution in [0.5, 0.6) is 0 Å². The highest BCUT2D eigenvalue weighted by atomic mass is 32.2. The van der Waals surface area contributed by atoms with Crippen LogP contribution in [0.2, 0.25) is 0 Å². The zero-order valence-corrected chi connectivity index (χ0v) is 23.3. The second-order valence-electron chi connectivity index (χ2n) is 13.7. The number of hydrogen-bond donors (Lipinski definition) is 0. The second kappa shape index (κ2) is 10.3. The number of thioether (sulfide) groups is 1. The number of ether oxygens (including phenoxy) is 4. The minimum Gasteiger partial charge on any atom is -0.375 e. The van der Waals surface area contributed by atoms with Crippen molar-refractivity contribution in [2.45, 2.75) is 116 Å². The van der Waals surface area contributed by atoms with Crippen LogP contribution in [-0.2, 0) is 18.9 Å². The molecule has 0 aromatic carbocycles. The summed E-state index contributed by atoms with van der Waals surface area (Å²) >= 11 is 2.31. The molecule has 4 rings (SSSR count). The van der Waals surface area contributed by atoms with Gasteiger partial charge < -0.3 is 18.9 Å². The van der Waals surface area contributed by atoms with Crippen molar-refractivity contribution in [2.24, 2.45) is 34.5 Å². The summed E-state index contributed by atoms with van der Waals surface area (Å²) in [5, 5.41) is 1.44. The number of hydrogen-bond acceptors (Lipinski definition) is 5. The van der Waals surface area contributed by atoms with Crippen molar-refractivity contribution in [2.75, 3.05) is 26.4 Å². The monoisotopic (exact) mass is 482 g/mol. The van der Waals surface area contributed by atoms with Gasteiger partial charge in [-0.1, -0.05) is 55.4 Å². The van der Waals surface area contributed by atoms with Gasteiger partial charge in [-0.2, -0.15) is 11.8 Å². The minimum absolute atomic E-state index is 0.268. The lowest BCUT2D eigenvalue weighted by Gasteiger charge is -2.49. The van der Waals surface area contributed by atoms with E-state index < -0.39 is 0 Å². The van der Waals surface area contributed by atoms with E-state index in [4.69, 9.17) is 18.9 Å². The maximum Gasteiger partial charge on any atom is 0.104 e. The third kappa shape index (κ3) is 7.12. The van der Waals surface area contributed by atoms with Crippen molar-refractivity contribution in [3.63, 3.8) is 0 Å². The summed E-state index contributed by atoms with van der Waals surface area (Å²) in [6.45, 7) is 22.7. The summed E-state index contributed by atoms with van der Waals surface area (Å²) in [6, 6.07) is 0. The predicted octanol–water partition coefficient (Wildman–Crippen LogP) is 6.21. The van der Waals surface area contributed by atoms with Crippen LogP contribution in [0.4, 0.5) is 0 Å². The normalized spacial score (nSPS) is 44.0. The van der Waals surface area contributed by atoms with E-state index in [9.17, 15) is 0 Å². The molecule has 2 heterocycles. The average molecular weight is 483 g/mol. The highest BCUT2D eigenvalue weighted by Gasteiger charge is 2.46. The smallest absolute Gasteiger partial charge is 0.104 e. The highest BCUT2D eigenvalue weighted by Crippen LogP contribution is 2.51. The third-order valence-electron chi connectivity index (χ3n) is 8.72. The van der Waals surface area contributed by atoms with Crippen LogP contribution in [0.15, 0.2) is 0 Å². The average Bonchev–Trinajstić information content (AvgIpc) is 3.60. The molecule has 192 valence electrons. The molecule has 0 N–H and O–H groups in total. The topological polar surface area (TPSA) is 43.5 Å². The fraction of sp³-hybridized carbons (Fsp3) is 1.00. The standard InChI is InChI=1S/C28H50O4S/c1-17-9-23(31-15-19-13-29-19)21(27(3,4)5)11-25(17)33-26-12-22(28(6,7)8)24(10-18(26)2)32-16-20-14-30-20/h17-26H,9-16H2,1-8H3. The molecule has 4 aliphatic rings. The molecule has 2 aliphatic carbocycles. The Balaban J connectivity index is 1.39. The Bertz CT molecular complexity index is 579. The largest absolute Gasteiger partial charge is 0.375 e. The van der Waals surface area contributed by atoms with E-state index in [1.165, 1.54) is 25.7 Å². The first-order valence-electron chi connectivity index (χ1n) is 13.5. The minimum atomic E-state index is 0.268. The van der Waals surface area contributed by atoms with E-state index in [-0.39, 0.29) is 10.8 Å². The first kappa shape index (κ1) is 26.3. The second-order valence-corrected chi connectivity index (χ2v) is 15.2. The van der Waals surface area contributed by atoms with Gasteiger partial charge in [-0.15, -0.1) is 0 Å². The Labute approximate surface area is 207 Å². The molecule has 0 amide bonds. The SMILES string of the molecule is CC1CC(OCC2CO2)C(C(C)(C)C)CC1SC1CC(C(C)(C)C)C(OCC2CO2)CC1C. The zero-order chi connectivity index (χ0) is 24.0. The molecule has 33 heavy (non-hydrogen) atoms. The van der Waals surface area contributed by atoms with Gasteiger partial charge in [0, 0.05) is 10.5 Å². The van der Waals surface area contributed by atoms with Crippen LogP contribution in [0, 0.1) is 34.5 Å². The molecular weight excluding hydrogens is 432 g/mol. The van der Waals surface area contributed by atoms with Gasteiger partial charge in [-0.05, 0) is 60.2 Å². The molecule has 0 aromatic heterocycles. The van der Waals surface area contributed by atoms with Gasteiger partial charge in [0.15, 0.2) is 0 Å². The molecule has 2 saturated heterocycles. The van der Waals surface area contributed by atoms with Gasteiger partial charge in [0.1, 0.15) is 12.2 Å². The van der Waals surface area contributed by atoms with Crippen molar-refractivity contribution in [3.05, 3.63) is 0 Å². The van der Waals surface area contributed by atoms with Crippen molar-refractivity contribution in [3.8, 4) is 0 Å². The van der Waals surface area contributed by atoms with Crippen LogP contribution in [0.1, 0.15) is 81.1 Å². The van der Waals surface area contributed by atoms with Crippen LogP contribution < -0.4 is 0 Å². The predicted molar refractivity (Wildman–Crippen MR) is 137 cm³/mol. The summed E-state index contributed by atoms with van der Waals surface area (Å²) in [7, 11) is 0. The zero-order valence-electron chi connectivity index (χ0n) is 22.5. The van der Waals surface area contributed by atoms with E-state index in [0.29, 0.717) is 48.1 Å². The van der Waals surface area contributed by atoms with Crippen LogP contribution in [0.25, 0.3) is 0 Å². The summed E-state index contributed by atoms with van der Waals surface area (Å²) in [4.78, 5) is 0. The first-order chi connectivity index (χ1) is 15.4. The molecule has 0 spiro atoms. The summed E-state index contributed by atoms with van der Waals surface area (Å²) in [5.74, 6) is 2.61. The van der Waals surface area contributed by atoms with Crippen molar-refractivity contribution >= 4 is 11.8 Å². The van der Waals surface area contributed by atoms with E-state index in [1.807, 2.05) is 0 Å². The summed E-state index contributed by atoms with van der Waals surface area (Å²) in [5.41, 5.74) is 0.536. The van der Waals surface area contributed by atoms with Crippen LogP contribution in [0.3, 0.4) is 0 Å². The molecule has 10 atom stereocenters. The number of epoxide rings is 2.